The molecule has 1 saturated heterocycles. The van der Waals surface area contributed by atoms with E-state index in [9.17, 15) is 5.11 Å². The molecule has 0 aliphatic carbocycles. The molecule has 3 nitrogen and oxygen atoms in total. The van der Waals surface area contributed by atoms with Gasteiger partial charge in [0, 0.05) is 31.3 Å². The first-order chi connectivity index (χ1) is 7.64. The molecule has 0 radical (unpaired) electrons. The number of hydrogen-bond donors (Lipinski definition) is 1. The van der Waals surface area contributed by atoms with Crippen LogP contribution in [-0.4, -0.2) is 28.4 Å². The lowest BCUT2D eigenvalue weighted by atomic mass is 9.91. The molecule has 1 aromatic heterocycles. The molecule has 2 heterocycles. The smallest absolute Gasteiger partial charge is 0.0982 e. The lowest BCUT2D eigenvalue weighted by Gasteiger charge is -2.25. The molecule has 0 saturated carbocycles. The predicted molar refractivity (Wildman–Crippen MR) is 62.3 cm³/mol. The fraction of sp³-hybridized carbons (Fsp3) is 0.615. The van der Waals surface area contributed by atoms with E-state index in [4.69, 9.17) is 4.74 Å². The maximum Gasteiger partial charge on any atom is 0.0982 e. The van der Waals surface area contributed by atoms with Crippen LogP contribution in [0.2, 0.25) is 0 Å². The van der Waals surface area contributed by atoms with Crippen molar-refractivity contribution < 1.29 is 9.84 Å². The molecule has 2 rings (SSSR count). The highest BCUT2D eigenvalue weighted by Crippen LogP contribution is 2.28. The second-order valence-electron chi connectivity index (χ2n) is 4.55. The summed E-state index contributed by atoms with van der Waals surface area (Å²) in [7, 11) is 0. The van der Waals surface area contributed by atoms with Crippen LogP contribution >= 0.6 is 0 Å². The van der Waals surface area contributed by atoms with Crippen molar-refractivity contribution in [2.75, 3.05) is 6.61 Å². The molecule has 0 spiro atoms. The van der Waals surface area contributed by atoms with Crippen molar-refractivity contribution in [3.05, 3.63) is 29.6 Å². The van der Waals surface area contributed by atoms with Crippen LogP contribution in [-0.2, 0) is 17.6 Å². The maximum absolute atomic E-state index is 10.4. The molecule has 0 bridgehead atoms. The molecule has 88 valence electrons. The SMILES string of the molecule is CCc1ccc(CC2(O)CCOC2C)nc1. The zero-order chi connectivity index (χ0) is 11.6. The van der Waals surface area contributed by atoms with Gasteiger partial charge in [0.15, 0.2) is 0 Å². The second-order valence-corrected chi connectivity index (χ2v) is 4.55. The van der Waals surface area contributed by atoms with Crippen molar-refractivity contribution in [1.82, 2.24) is 4.98 Å². The Labute approximate surface area is 96.5 Å². The van der Waals surface area contributed by atoms with Gasteiger partial charge in [-0.1, -0.05) is 13.0 Å². The molecule has 0 amide bonds. The first-order valence-electron chi connectivity index (χ1n) is 5.92. The third-order valence-electron chi connectivity index (χ3n) is 3.44. The van der Waals surface area contributed by atoms with Crippen molar-refractivity contribution in [2.24, 2.45) is 0 Å². The average molecular weight is 221 g/mol. The molecule has 2 unspecified atom stereocenters. The molecule has 1 N–H and O–H groups in total. The summed E-state index contributed by atoms with van der Waals surface area (Å²) in [5.41, 5.74) is 1.43. The Hall–Kier alpha value is -0.930. The Bertz CT molecular complexity index is 349. The lowest BCUT2D eigenvalue weighted by molar-refractivity contribution is -0.0274. The number of aliphatic hydroxyl groups is 1. The second kappa shape index (κ2) is 4.52. The monoisotopic (exact) mass is 221 g/mol. The molecule has 1 aliphatic heterocycles. The Balaban J connectivity index is 2.08. The first kappa shape index (κ1) is 11.6. The van der Waals surface area contributed by atoms with E-state index in [0.717, 1.165) is 12.1 Å². The zero-order valence-corrected chi connectivity index (χ0v) is 9.94. The number of nitrogens with zero attached hydrogens (tertiary/aromatic N) is 1. The predicted octanol–water partition coefficient (Wildman–Crippen LogP) is 1.73. The fourth-order valence-electron chi connectivity index (χ4n) is 2.09. The van der Waals surface area contributed by atoms with E-state index < -0.39 is 5.60 Å². The van der Waals surface area contributed by atoms with Gasteiger partial charge in [-0.3, -0.25) is 4.98 Å². The number of rotatable bonds is 3. The summed E-state index contributed by atoms with van der Waals surface area (Å²) < 4.78 is 5.41. The summed E-state index contributed by atoms with van der Waals surface area (Å²) >= 11 is 0. The molecule has 0 aromatic carbocycles. The molecular weight excluding hydrogens is 202 g/mol. The van der Waals surface area contributed by atoms with Gasteiger partial charge in [0.1, 0.15) is 0 Å². The lowest BCUT2D eigenvalue weighted by Crippen LogP contribution is -2.38. The van der Waals surface area contributed by atoms with E-state index in [0.29, 0.717) is 19.4 Å². The van der Waals surface area contributed by atoms with Crippen LogP contribution < -0.4 is 0 Å². The summed E-state index contributed by atoms with van der Waals surface area (Å²) in [6.45, 7) is 4.68. The van der Waals surface area contributed by atoms with Gasteiger partial charge in [-0.15, -0.1) is 0 Å². The third kappa shape index (κ3) is 2.25. The van der Waals surface area contributed by atoms with Gasteiger partial charge in [-0.25, -0.2) is 0 Å². The van der Waals surface area contributed by atoms with E-state index in [1.165, 1.54) is 5.56 Å². The van der Waals surface area contributed by atoms with Gasteiger partial charge in [0.05, 0.1) is 11.7 Å². The summed E-state index contributed by atoms with van der Waals surface area (Å²) in [6, 6.07) is 4.08. The molecule has 1 fully saturated rings. The van der Waals surface area contributed by atoms with Crippen LogP contribution in [0.4, 0.5) is 0 Å². The minimum atomic E-state index is -0.735. The van der Waals surface area contributed by atoms with Crippen molar-refractivity contribution in [3.8, 4) is 0 Å². The van der Waals surface area contributed by atoms with E-state index in [2.05, 4.69) is 18.0 Å². The van der Waals surface area contributed by atoms with E-state index in [-0.39, 0.29) is 6.10 Å². The fourth-order valence-corrected chi connectivity index (χ4v) is 2.09. The maximum atomic E-state index is 10.4. The van der Waals surface area contributed by atoms with Gasteiger partial charge >= 0.3 is 0 Å². The average Bonchev–Trinajstić information content (AvgIpc) is 2.60. The van der Waals surface area contributed by atoms with Crippen LogP contribution in [0.3, 0.4) is 0 Å². The largest absolute Gasteiger partial charge is 0.387 e. The quantitative estimate of drug-likeness (QED) is 0.845. The van der Waals surface area contributed by atoms with Crippen molar-refractivity contribution in [2.45, 2.75) is 44.8 Å². The van der Waals surface area contributed by atoms with Crippen LogP contribution in [0, 0.1) is 0 Å². The Morgan fingerprint density at radius 2 is 2.38 bits per heavy atom. The molecule has 1 aromatic rings. The first-order valence-corrected chi connectivity index (χ1v) is 5.92. The number of aromatic nitrogens is 1. The summed E-state index contributed by atoms with van der Waals surface area (Å²) in [4.78, 5) is 4.38. The van der Waals surface area contributed by atoms with Gasteiger partial charge in [0.25, 0.3) is 0 Å². The number of aryl methyl sites for hydroxylation is 1. The zero-order valence-electron chi connectivity index (χ0n) is 9.94. The number of ether oxygens (including phenoxy) is 1. The molecule has 16 heavy (non-hydrogen) atoms. The normalized spacial score (nSPS) is 29.6. The summed E-state index contributed by atoms with van der Waals surface area (Å²) in [5.74, 6) is 0. The Morgan fingerprint density at radius 3 is 2.88 bits per heavy atom. The van der Waals surface area contributed by atoms with E-state index in [1.807, 2.05) is 19.2 Å². The highest BCUT2D eigenvalue weighted by atomic mass is 16.5. The Kier molecular flexibility index (Phi) is 3.26. The summed E-state index contributed by atoms with van der Waals surface area (Å²) in [6.07, 6.45) is 4.07. The van der Waals surface area contributed by atoms with Gasteiger partial charge < -0.3 is 9.84 Å². The van der Waals surface area contributed by atoms with Crippen molar-refractivity contribution >= 4 is 0 Å². The number of pyridine rings is 1. The van der Waals surface area contributed by atoms with Crippen LogP contribution in [0.5, 0.6) is 0 Å². The topological polar surface area (TPSA) is 42.4 Å². The highest BCUT2D eigenvalue weighted by molar-refractivity contribution is 5.16. The van der Waals surface area contributed by atoms with Crippen LogP contribution in [0.15, 0.2) is 18.3 Å². The van der Waals surface area contributed by atoms with Crippen molar-refractivity contribution in [3.63, 3.8) is 0 Å². The standard InChI is InChI=1S/C13H19NO2/c1-3-11-4-5-12(14-9-11)8-13(15)6-7-16-10(13)2/h4-5,9-10,15H,3,6-8H2,1-2H3. The minimum absolute atomic E-state index is 0.0971. The van der Waals surface area contributed by atoms with Gasteiger partial charge in [0.2, 0.25) is 0 Å². The van der Waals surface area contributed by atoms with Gasteiger partial charge in [-0.2, -0.15) is 0 Å². The summed E-state index contributed by atoms with van der Waals surface area (Å²) in [5, 5.41) is 10.4. The Morgan fingerprint density at radius 1 is 1.56 bits per heavy atom. The molecule has 3 heteroatoms. The van der Waals surface area contributed by atoms with Crippen LogP contribution in [0.1, 0.15) is 31.5 Å². The molecule has 1 aliphatic rings. The highest BCUT2D eigenvalue weighted by Gasteiger charge is 2.39. The third-order valence-corrected chi connectivity index (χ3v) is 3.44. The van der Waals surface area contributed by atoms with Crippen molar-refractivity contribution in [1.29, 1.82) is 0 Å². The minimum Gasteiger partial charge on any atom is -0.387 e. The number of hydrogen-bond acceptors (Lipinski definition) is 3. The molecular formula is C13H19NO2. The van der Waals surface area contributed by atoms with Crippen LogP contribution in [0.25, 0.3) is 0 Å². The van der Waals surface area contributed by atoms with E-state index >= 15 is 0 Å². The molecule has 2 atom stereocenters. The van der Waals surface area contributed by atoms with Gasteiger partial charge in [-0.05, 0) is 25.0 Å². The van der Waals surface area contributed by atoms with E-state index in [1.54, 1.807) is 0 Å².